The van der Waals surface area contributed by atoms with Crippen LogP contribution in [-0.2, 0) is 6.18 Å². The summed E-state index contributed by atoms with van der Waals surface area (Å²) in [6.07, 6.45) is -4.57. The zero-order chi connectivity index (χ0) is 26.2. The highest BCUT2D eigenvalue weighted by Gasteiger charge is 2.41. The van der Waals surface area contributed by atoms with E-state index in [0.29, 0.717) is 5.69 Å². The van der Waals surface area contributed by atoms with Crippen molar-refractivity contribution >= 4 is 45.8 Å². The smallest absolute Gasteiger partial charge is 0.268 e. The predicted molar refractivity (Wildman–Crippen MR) is 129 cm³/mol. The molecule has 0 atom stereocenters. The van der Waals surface area contributed by atoms with E-state index in [0.717, 1.165) is 39.6 Å². The minimum atomic E-state index is -4.57. The van der Waals surface area contributed by atoms with Crippen LogP contribution in [0, 0.1) is 6.92 Å². The number of hydrogen-bond acceptors (Lipinski definition) is 4. The quantitative estimate of drug-likeness (QED) is 0.328. The fraction of sp³-hybridized carbons (Fsp3) is 0.0714. The topological polar surface area (TPSA) is 74.8 Å². The van der Waals surface area contributed by atoms with Crippen molar-refractivity contribution in [2.24, 2.45) is 0 Å². The van der Waals surface area contributed by atoms with Gasteiger partial charge in [-0.15, -0.1) is 0 Å². The fourth-order valence-corrected chi connectivity index (χ4v) is 4.84. The average molecular weight is 500 g/mol. The minimum Gasteiger partial charge on any atom is -0.268 e. The molecule has 6 nitrogen and oxygen atoms in total. The molecule has 2 aliphatic heterocycles. The third-order valence-corrected chi connectivity index (χ3v) is 6.64. The highest BCUT2D eigenvalue weighted by atomic mass is 19.4. The van der Waals surface area contributed by atoms with Crippen LogP contribution in [0.15, 0.2) is 72.8 Å². The number of amides is 4. The van der Waals surface area contributed by atoms with Crippen molar-refractivity contribution in [2.45, 2.75) is 13.1 Å². The van der Waals surface area contributed by atoms with Crippen LogP contribution in [0.3, 0.4) is 0 Å². The Hall–Kier alpha value is -4.79. The van der Waals surface area contributed by atoms with Gasteiger partial charge < -0.3 is 0 Å². The number of carbonyl (C=O) groups is 4. The highest BCUT2D eigenvalue weighted by molar-refractivity contribution is 6.42. The van der Waals surface area contributed by atoms with Crippen LogP contribution in [0.2, 0.25) is 0 Å². The number of alkyl halides is 3. The normalized spacial score (nSPS) is 15.1. The number of anilines is 2. The summed E-state index contributed by atoms with van der Waals surface area (Å²) in [5.74, 6) is -2.70. The van der Waals surface area contributed by atoms with E-state index in [1.54, 1.807) is 24.3 Å². The van der Waals surface area contributed by atoms with E-state index >= 15 is 0 Å². The lowest BCUT2D eigenvalue weighted by Crippen LogP contribution is -2.43. The summed E-state index contributed by atoms with van der Waals surface area (Å²) < 4.78 is 39.0. The van der Waals surface area contributed by atoms with E-state index < -0.39 is 35.4 Å². The molecule has 0 saturated heterocycles. The van der Waals surface area contributed by atoms with Crippen LogP contribution in [-0.4, -0.2) is 23.6 Å². The molecule has 0 fully saturated rings. The number of hydrogen-bond donors (Lipinski definition) is 0. The summed E-state index contributed by atoms with van der Waals surface area (Å²) in [5, 5.41) is 0.389. The van der Waals surface area contributed by atoms with E-state index in [2.05, 4.69) is 0 Å². The Morgan fingerprint density at radius 1 is 0.514 bits per heavy atom. The maximum absolute atomic E-state index is 13.4. The second kappa shape index (κ2) is 7.60. The Morgan fingerprint density at radius 2 is 0.838 bits per heavy atom. The summed E-state index contributed by atoms with van der Waals surface area (Å²) in [6, 6.07) is 16.2. The molecule has 4 aromatic carbocycles. The zero-order valence-corrected chi connectivity index (χ0v) is 19.1. The molecule has 2 aliphatic rings. The van der Waals surface area contributed by atoms with E-state index in [4.69, 9.17) is 0 Å². The molecule has 182 valence electrons. The number of aryl methyl sites for hydroxylation is 1. The van der Waals surface area contributed by atoms with Crippen molar-refractivity contribution < 1.29 is 32.3 Å². The van der Waals surface area contributed by atoms with Gasteiger partial charge in [-0.25, -0.2) is 9.80 Å². The number of imide groups is 2. The van der Waals surface area contributed by atoms with E-state index in [9.17, 15) is 32.3 Å². The van der Waals surface area contributed by atoms with Crippen molar-refractivity contribution in [1.82, 2.24) is 0 Å². The molecule has 4 amide bonds. The highest BCUT2D eigenvalue weighted by Crippen LogP contribution is 2.40. The summed E-state index contributed by atoms with van der Waals surface area (Å²) >= 11 is 0. The Kier molecular flexibility index (Phi) is 4.66. The molecule has 0 N–H and O–H groups in total. The molecule has 9 heteroatoms. The van der Waals surface area contributed by atoms with Crippen molar-refractivity contribution in [3.8, 4) is 0 Å². The van der Waals surface area contributed by atoms with Crippen LogP contribution >= 0.6 is 0 Å². The second-order valence-electron chi connectivity index (χ2n) is 8.84. The van der Waals surface area contributed by atoms with E-state index in [-0.39, 0.29) is 38.7 Å². The van der Waals surface area contributed by atoms with Gasteiger partial charge in [-0.05, 0) is 67.6 Å². The number of nitrogens with zero attached hydrogens (tertiary/aromatic N) is 2. The van der Waals surface area contributed by atoms with Crippen molar-refractivity contribution in [2.75, 3.05) is 9.80 Å². The molecule has 2 heterocycles. The predicted octanol–water partition coefficient (Wildman–Crippen LogP) is 5.77. The minimum absolute atomic E-state index is 0.0280. The van der Waals surface area contributed by atoms with Crippen molar-refractivity contribution in [3.05, 3.63) is 106 Å². The zero-order valence-electron chi connectivity index (χ0n) is 19.1. The average Bonchev–Trinajstić information content (AvgIpc) is 2.87. The molecule has 0 saturated carbocycles. The summed E-state index contributed by atoms with van der Waals surface area (Å²) in [6.45, 7) is 1.88. The van der Waals surface area contributed by atoms with Gasteiger partial charge in [-0.3, -0.25) is 19.2 Å². The fourth-order valence-electron chi connectivity index (χ4n) is 4.84. The van der Waals surface area contributed by atoms with Crippen LogP contribution in [0.5, 0.6) is 0 Å². The summed E-state index contributed by atoms with van der Waals surface area (Å²) in [5.41, 5.74) is 0.870. The summed E-state index contributed by atoms with van der Waals surface area (Å²) in [4.78, 5) is 55.5. The molecular formula is C28H15F3N2O4. The van der Waals surface area contributed by atoms with Crippen LogP contribution in [0.4, 0.5) is 24.5 Å². The first-order chi connectivity index (χ1) is 17.6. The Bertz CT molecular complexity index is 1620. The van der Waals surface area contributed by atoms with Gasteiger partial charge >= 0.3 is 6.18 Å². The first-order valence-corrected chi connectivity index (χ1v) is 11.2. The van der Waals surface area contributed by atoms with Crippen LogP contribution < -0.4 is 9.80 Å². The monoisotopic (exact) mass is 500 g/mol. The Morgan fingerprint density at radius 3 is 1.16 bits per heavy atom. The molecule has 0 aromatic heterocycles. The lowest BCUT2D eigenvalue weighted by atomic mass is 9.85. The maximum Gasteiger partial charge on any atom is 0.416 e. The number of rotatable bonds is 2. The largest absolute Gasteiger partial charge is 0.416 e. The molecular weight excluding hydrogens is 485 g/mol. The molecule has 0 spiro atoms. The van der Waals surface area contributed by atoms with E-state index in [1.165, 1.54) is 24.3 Å². The van der Waals surface area contributed by atoms with Gasteiger partial charge in [0.2, 0.25) is 0 Å². The molecule has 0 bridgehead atoms. The number of carbonyl (C=O) groups excluding carboxylic acids is 4. The molecule has 0 aliphatic carbocycles. The molecule has 4 aromatic rings. The number of halogens is 3. The van der Waals surface area contributed by atoms with Crippen molar-refractivity contribution in [3.63, 3.8) is 0 Å². The first kappa shape index (κ1) is 22.7. The van der Waals surface area contributed by atoms with E-state index in [1.807, 2.05) is 6.92 Å². The summed E-state index contributed by atoms with van der Waals surface area (Å²) in [7, 11) is 0. The number of benzene rings is 4. The second-order valence-corrected chi connectivity index (χ2v) is 8.84. The lowest BCUT2D eigenvalue weighted by Gasteiger charge is -2.32. The lowest BCUT2D eigenvalue weighted by molar-refractivity contribution is -0.137. The van der Waals surface area contributed by atoms with Gasteiger partial charge in [0.15, 0.2) is 0 Å². The molecule has 37 heavy (non-hydrogen) atoms. The van der Waals surface area contributed by atoms with Gasteiger partial charge in [-0.1, -0.05) is 17.7 Å². The van der Waals surface area contributed by atoms with Gasteiger partial charge in [-0.2, -0.15) is 13.2 Å². The first-order valence-electron chi connectivity index (χ1n) is 11.2. The standard InChI is InChI=1S/C28H15F3N2O4/c1-14-2-6-16(7-3-14)32-24(34)18-10-12-20-23-21(13-11-19(22(18)23)25(32)35)27(37)33(26(20)36)17-8-4-15(5-9-17)28(29,30)31/h2-13H,1H3. The third-order valence-electron chi connectivity index (χ3n) is 6.64. The van der Waals surface area contributed by atoms with Gasteiger partial charge in [0, 0.05) is 33.0 Å². The van der Waals surface area contributed by atoms with Crippen LogP contribution in [0.25, 0.3) is 10.8 Å². The molecule has 0 radical (unpaired) electrons. The molecule has 6 rings (SSSR count). The Labute approximate surface area is 207 Å². The SMILES string of the molecule is Cc1ccc(N2C(=O)c3ccc4c5c(ccc(c35)C2=O)C(=O)N(c2ccc(C(F)(F)F)cc2)C4=O)cc1. The maximum atomic E-state index is 13.4. The third kappa shape index (κ3) is 3.20. The Balaban J connectivity index is 1.49. The van der Waals surface area contributed by atoms with Gasteiger partial charge in [0.05, 0.1) is 16.9 Å². The molecule has 0 unspecified atom stereocenters. The van der Waals surface area contributed by atoms with Gasteiger partial charge in [0.25, 0.3) is 23.6 Å². The van der Waals surface area contributed by atoms with Crippen LogP contribution in [0.1, 0.15) is 52.6 Å². The van der Waals surface area contributed by atoms with Crippen molar-refractivity contribution in [1.29, 1.82) is 0 Å². The van der Waals surface area contributed by atoms with Gasteiger partial charge in [0.1, 0.15) is 0 Å².